The van der Waals surface area contributed by atoms with Gasteiger partial charge in [-0.2, -0.15) is 0 Å². The maximum atomic E-state index is 11.9. The second-order valence-corrected chi connectivity index (χ2v) is 11.0. The predicted molar refractivity (Wildman–Crippen MR) is 173 cm³/mol. The molecule has 240 valence electrons. The van der Waals surface area contributed by atoms with Crippen LogP contribution in [0.2, 0.25) is 0 Å². The van der Waals surface area contributed by atoms with Crippen LogP contribution in [0.25, 0.3) is 0 Å². The molecule has 0 aromatic carbocycles. The Balaban J connectivity index is 3.71. The Kier molecular flexibility index (Phi) is 29.6. The Bertz CT molecular complexity index is 780. The van der Waals surface area contributed by atoms with Crippen molar-refractivity contribution in [1.29, 1.82) is 0 Å². The first-order valence-corrected chi connectivity index (χ1v) is 16.6. The fourth-order valence-electron chi connectivity index (χ4n) is 4.21. The van der Waals surface area contributed by atoms with Crippen molar-refractivity contribution >= 4 is 17.7 Å². The highest BCUT2D eigenvalue weighted by atomic mass is 16.6. The zero-order chi connectivity index (χ0) is 30.9. The Hall–Kier alpha value is -2.47. The molecule has 42 heavy (non-hydrogen) atoms. The summed E-state index contributed by atoms with van der Waals surface area (Å²) < 4.78 is 10.1. The van der Waals surface area contributed by atoms with E-state index in [1.54, 1.807) is 6.08 Å². The Labute approximate surface area is 256 Å². The van der Waals surface area contributed by atoms with Gasteiger partial charge in [-0.15, -0.1) is 0 Å². The summed E-state index contributed by atoms with van der Waals surface area (Å²) in [6, 6.07) is 0. The number of esters is 2. The number of unbranched alkanes of at least 4 members (excludes halogenated alkanes) is 12. The van der Waals surface area contributed by atoms with Gasteiger partial charge in [-0.3, -0.25) is 14.4 Å². The lowest BCUT2D eigenvalue weighted by Crippen LogP contribution is -2.25. The highest BCUT2D eigenvalue weighted by molar-refractivity contribution is 5.90. The van der Waals surface area contributed by atoms with E-state index in [2.05, 4.69) is 38.2 Å². The maximum absolute atomic E-state index is 11.9. The summed E-state index contributed by atoms with van der Waals surface area (Å²) in [6.45, 7) is 4.02. The van der Waals surface area contributed by atoms with Gasteiger partial charge < -0.3 is 14.6 Å². The van der Waals surface area contributed by atoms with Crippen molar-refractivity contribution in [2.24, 2.45) is 0 Å². The molecule has 0 amide bonds. The number of rotatable bonds is 29. The van der Waals surface area contributed by atoms with Crippen LogP contribution in [0.3, 0.4) is 0 Å². The molecule has 0 heterocycles. The fraction of sp³-hybridized carbons (Fsp3) is 0.694. The molecule has 1 N–H and O–H groups in total. The van der Waals surface area contributed by atoms with Crippen LogP contribution in [0.5, 0.6) is 0 Å². The molecule has 0 radical (unpaired) electrons. The van der Waals surface area contributed by atoms with Gasteiger partial charge in [0.05, 0.1) is 0 Å². The quantitative estimate of drug-likeness (QED) is 0.0308. The molecule has 0 spiro atoms. The van der Waals surface area contributed by atoms with Crippen molar-refractivity contribution in [1.82, 2.24) is 0 Å². The van der Waals surface area contributed by atoms with E-state index in [0.29, 0.717) is 12.8 Å². The molecule has 0 unspecified atom stereocenters. The van der Waals surface area contributed by atoms with Crippen LogP contribution in [-0.4, -0.2) is 42.1 Å². The van der Waals surface area contributed by atoms with Crippen molar-refractivity contribution in [3.8, 4) is 0 Å². The third kappa shape index (κ3) is 30.5. The summed E-state index contributed by atoms with van der Waals surface area (Å²) in [7, 11) is 0. The third-order valence-electron chi connectivity index (χ3n) is 6.79. The van der Waals surface area contributed by atoms with Crippen molar-refractivity contribution in [3.05, 3.63) is 48.6 Å². The van der Waals surface area contributed by atoms with E-state index in [1.165, 1.54) is 70.3 Å². The second kappa shape index (κ2) is 31.5. The summed E-state index contributed by atoms with van der Waals surface area (Å²) in [6.07, 6.45) is 34.5. The molecule has 0 aliphatic heterocycles. The first-order valence-electron chi connectivity index (χ1n) is 16.6. The number of allylic oxidation sites excluding steroid dienone is 8. The minimum atomic E-state index is -1.05. The van der Waals surface area contributed by atoms with Gasteiger partial charge in [0.25, 0.3) is 0 Å². The predicted octanol–water partition coefficient (Wildman–Crippen LogP) is 9.07. The summed E-state index contributed by atoms with van der Waals surface area (Å²) in [4.78, 5) is 35.7. The van der Waals surface area contributed by atoms with Crippen LogP contribution in [0, 0.1) is 0 Å². The first-order chi connectivity index (χ1) is 20.5. The van der Waals surface area contributed by atoms with Crippen LogP contribution in [0.15, 0.2) is 48.6 Å². The SMILES string of the molecule is CCCCC/C=C\C/C=C\C/C=C\C=C\C(=O)CCCC(=O)OC[C@H](O)COC(=O)CCCCCCCCCCCC. The van der Waals surface area contributed by atoms with Gasteiger partial charge in [0.15, 0.2) is 5.78 Å². The van der Waals surface area contributed by atoms with Gasteiger partial charge in [0, 0.05) is 19.3 Å². The fourth-order valence-corrected chi connectivity index (χ4v) is 4.21. The molecule has 0 bridgehead atoms. The summed E-state index contributed by atoms with van der Waals surface area (Å²) >= 11 is 0. The molecular formula is C36H60O6. The molecule has 0 saturated heterocycles. The minimum Gasteiger partial charge on any atom is -0.463 e. The molecule has 0 aliphatic carbocycles. The molecule has 6 nitrogen and oxygen atoms in total. The molecule has 0 fully saturated rings. The van der Waals surface area contributed by atoms with Crippen molar-refractivity contribution < 1.29 is 29.0 Å². The lowest BCUT2D eigenvalue weighted by Gasteiger charge is -2.12. The number of carbonyl (C=O) groups excluding carboxylic acids is 3. The number of ether oxygens (including phenoxy) is 2. The molecule has 6 heteroatoms. The van der Waals surface area contributed by atoms with Crippen LogP contribution < -0.4 is 0 Å². The Morgan fingerprint density at radius 1 is 0.571 bits per heavy atom. The van der Waals surface area contributed by atoms with Gasteiger partial charge >= 0.3 is 11.9 Å². The number of carbonyl (C=O) groups is 3. The largest absolute Gasteiger partial charge is 0.463 e. The second-order valence-electron chi connectivity index (χ2n) is 11.0. The molecule has 0 aromatic rings. The molecule has 0 rings (SSSR count). The number of ketones is 1. The topological polar surface area (TPSA) is 89.9 Å². The normalized spacial score (nSPS) is 12.6. The van der Waals surface area contributed by atoms with Gasteiger partial charge in [-0.1, -0.05) is 127 Å². The maximum Gasteiger partial charge on any atom is 0.305 e. The standard InChI is InChI=1S/C36H60O6/c1-3-5-7-9-11-13-15-16-17-18-20-22-24-27-33(37)28-26-30-36(40)42-32-34(38)31-41-35(39)29-25-23-21-19-14-12-10-8-6-4-2/h11,13,16-17,20,22,24,27,34,38H,3-10,12,14-15,18-19,21,23,25-26,28-32H2,1-2H3/b13-11-,17-16-,22-20-,27-24+/t34-/m1/s1. The lowest BCUT2D eigenvalue weighted by molar-refractivity contribution is -0.152. The summed E-state index contributed by atoms with van der Waals surface area (Å²) in [5.74, 6) is -0.866. The van der Waals surface area contributed by atoms with E-state index < -0.39 is 12.1 Å². The van der Waals surface area contributed by atoms with Crippen LogP contribution in [-0.2, 0) is 23.9 Å². The minimum absolute atomic E-state index is 0.0504. The molecule has 1 atom stereocenters. The molecule has 0 saturated carbocycles. The zero-order valence-corrected chi connectivity index (χ0v) is 26.7. The van der Waals surface area contributed by atoms with Crippen LogP contribution in [0.1, 0.15) is 142 Å². The van der Waals surface area contributed by atoms with Gasteiger partial charge in [0.1, 0.15) is 19.3 Å². The molecule has 0 aromatic heterocycles. The Morgan fingerprint density at radius 3 is 1.69 bits per heavy atom. The van der Waals surface area contributed by atoms with E-state index in [-0.39, 0.29) is 37.8 Å². The summed E-state index contributed by atoms with van der Waals surface area (Å²) in [5, 5.41) is 9.92. The first kappa shape index (κ1) is 39.5. The smallest absolute Gasteiger partial charge is 0.305 e. The van der Waals surface area contributed by atoms with E-state index in [0.717, 1.165) is 38.5 Å². The van der Waals surface area contributed by atoms with E-state index in [4.69, 9.17) is 9.47 Å². The van der Waals surface area contributed by atoms with Gasteiger partial charge in [0.2, 0.25) is 0 Å². The van der Waals surface area contributed by atoms with E-state index >= 15 is 0 Å². The number of hydrogen-bond donors (Lipinski definition) is 1. The van der Waals surface area contributed by atoms with Crippen molar-refractivity contribution in [2.45, 2.75) is 148 Å². The monoisotopic (exact) mass is 588 g/mol. The third-order valence-corrected chi connectivity index (χ3v) is 6.79. The average molecular weight is 589 g/mol. The number of aliphatic hydroxyl groups is 1. The van der Waals surface area contributed by atoms with Crippen molar-refractivity contribution in [2.75, 3.05) is 13.2 Å². The van der Waals surface area contributed by atoms with E-state index in [9.17, 15) is 19.5 Å². The lowest BCUT2D eigenvalue weighted by atomic mass is 10.1. The number of hydrogen-bond acceptors (Lipinski definition) is 6. The molecular weight excluding hydrogens is 528 g/mol. The highest BCUT2D eigenvalue weighted by Crippen LogP contribution is 2.11. The van der Waals surface area contributed by atoms with Crippen molar-refractivity contribution in [3.63, 3.8) is 0 Å². The average Bonchev–Trinajstić information content (AvgIpc) is 2.98. The van der Waals surface area contributed by atoms with Crippen LogP contribution >= 0.6 is 0 Å². The van der Waals surface area contributed by atoms with Crippen LogP contribution in [0.4, 0.5) is 0 Å². The molecule has 0 aliphatic rings. The Morgan fingerprint density at radius 2 is 1.07 bits per heavy atom. The van der Waals surface area contributed by atoms with Gasteiger partial charge in [-0.05, 0) is 44.6 Å². The van der Waals surface area contributed by atoms with Gasteiger partial charge in [-0.25, -0.2) is 0 Å². The summed E-state index contributed by atoms with van der Waals surface area (Å²) in [5.41, 5.74) is 0. The van der Waals surface area contributed by atoms with E-state index in [1.807, 2.05) is 12.2 Å². The highest BCUT2D eigenvalue weighted by Gasteiger charge is 2.12. The zero-order valence-electron chi connectivity index (χ0n) is 26.7. The number of aliphatic hydroxyl groups excluding tert-OH is 1.